The van der Waals surface area contributed by atoms with Crippen molar-refractivity contribution in [3.63, 3.8) is 0 Å². The molecule has 1 rings (SSSR count). The molecule has 16 heavy (non-hydrogen) atoms. The van der Waals surface area contributed by atoms with E-state index in [1.165, 1.54) is 24.3 Å². The number of nitrogens with one attached hydrogen (secondary N) is 1. The van der Waals surface area contributed by atoms with Gasteiger partial charge in [0, 0.05) is 18.0 Å². The predicted molar refractivity (Wildman–Crippen MR) is 71.7 cm³/mol. The zero-order valence-electron chi connectivity index (χ0n) is 10.0. The summed E-state index contributed by atoms with van der Waals surface area (Å²) in [5.41, 5.74) is 0.865. The van der Waals surface area contributed by atoms with Crippen LogP contribution in [-0.4, -0.2) is 18.1 Å². The molecule has 0 atom stereocenters. The summed E-state index contributed by atoms with van der Waals surface area (Å²) in [7, 11) is 0. The Balaban J connectivity index is 2.07. The Labute approximate surface area is 102 Å². The Morgan fingerprint density at radius 3 is 2.81 bits per heavy atom. The normalized spacial score (nSPS) is 10.8. The second kappa shape index (κ2) is 7.55. The standard InChI is InChI=1S/C13H20FNS/c1-11(2)6-8-16-9-7-15-13-5-3-4-12(14)10-13/h3-5,10-11,15H,6-9H2,1-2H3. The molecular weight excluding hydrogens is 221 g/mol. The topological polar surface area (TPSA) is 12.0 Å². The number of anilines is 1. The fourth-order valence-electron chi connectivity index (χ4n) is 1.29. The Kier molecular flexibility index (Phi) is 6.31. The van der Waals surface area contributed by atoms with Gasteiger partial charge in [-0.1, -0.05) is 19.9 Å². The van der Waals surface area contributed by atoms with Crippen LogP contribution in [-0.2, 0) is 0 Å². The molecule has 0 bridgehead atoms. The SMILES string of the molecule is CC(C)CCSCCNc1cccc(F)c1. The van der Waals surface area contributed by atoms with Crippen molar-refractivity contribution in [1.29, 1.82) is 0 Å². The van der Waals surface area contributed by atoms with Gasteiger partial charge in [-0.3, -0.25) is 0 Å². The first kappa shape index (κ1) is 13.4. The van der Waals surface area contributed by atoms with Crippen molar-refractivity contribution in [3.05, 3.63) is 30.1 Å². The van der Waals surface area contributed by atoms with Gasteiger partial charge in [-0.2, -0.15) is 11.8 Å². The number of rotatable bonds is 7. The van der Waals surface area contributed by atoms with Crippen molar-refractivity contribution < 1.29 is 4.39 Å². The first-order valence-corrected chi connectivity index (χ1v) is 6.91. The van der Waals surface area contributed by atoms with Gasteiger partial charge < -0.3 is 5.32 Å². The highest BCUT2D eigenvalue weighted by Crippen LogP contribution is 2.11. The third-order valence-corrected chi connectivity index (χ3v) is 3.26. The molecule has 0 aliphatic carbocycles. The van der Waals surface area contributed by atoms with E-state index < -0.39 is 0 Å². The van der Waals surface area contributed by atoms with Gasteiger partial charge >= 0.3 is 0 Å². The maximum atomic E-state index is 12.8. The molecule has 0 aliphatic rings. The Bertz CT molecular complexity index is 302. The monoisotopic (exact) mass is 241 g/mol. The molecule has 0 aromatic heterocycles. The Morgan fingerprint density at radius 1 is 1.31 bits per heavy atom. The fraction of sp³-hybridized carbons (Fsp3) is 0.538. The van der Waals surface area contributed by atoms with E-state index in [4.69, 9.17) is 0 Å². The molecule has 0 radical (unpaired) electrons. The first-order chi connectivity index (χ1) is 7.68. The van der Waals surface area contributed by atoms with Crippen LogP contribution in [0.2, 0.25) is 0 Å². The number of benzene rings is 1. The van der Waals surface area contributed by atoms with Gasteiger partial charge in [0.25, 0.3) is 0 Å². The van der Waals surface area contributed by atoms with Crippen LogP contribution in [0.25, 0.3) is 0 Å². The quantitative estimate of drug-likeness (QED) is 0.724. The van der Waals surface area contributed by atoms with Crippen LogP contribution in [0.3, 0.4) is 0 Å². The third kappa shape index (κ3) is 6.01. The fourth-order valence-corrected chi connectivity index (χ4v) is 2.38. The summed E-state index contributed by atoms with van der Waals surface area (Å²) in [6, 6.07) is 6.60. The van der Waals surface area contributed by atoms with Crippen molar-refractivity contribution in [3.8, 4) is 0 Å². The molecule has 1 aromatic carbocycles. The molecule has 0 unspecified atom stereocenters. The van der Waals surface area contributed by atoms with Crippen LogP contribution < -0.4 is 5.32 Å². The summed E-state index contributed by atoms with van der Waals surface area (Å²) in [4.78, 5) is 0. The van der Waals surface area contributed by atoms with Crippen LogP contribution in [0.5, 0.6) is 0 Å². The average Bonchev–Trinajstić information content (AvgIpc) is 2.23. The molecule has 0 heterocycles. The highest BCUT2D eigenvalue weighted by atomic mass is 32.2. The second-order valence-corrected chi connectivity index (χ2v) is 5.46. The van der Waals surface area contributed by atoms with Crippen molar-refractivity contribution in [1.82, 2.24) is 0 Å². The summed E-state index contributed by atoms with van der Waals surface area (Å²) in [6.45, 7) is 5.38. The molecule has 1 N–H and O–H groups in total. The molecule has 0 saturated heterocycles. The van der Waals surface area contributed by atoms with Crippen LogP contribution in [0, 0.1) is 11.7 Å². The molecule has 0 saturated carbocycles. The van der Waals surface area contributed by atoms with Crippen molar-refractivity contribution in [2.45, 2.75) is 20.3 Å². The highest BCUT2D eigenvalue weighted by molar-refractivity contribution is 7.99. The van der Waals surface area contributed by atoms with Crippen LogP contribution in [0.4, 0.5) is 10.1 Å². The molecule has 0 spiro atoms. The van der Waals surface area contributed by atoms with Crippen molar-refractivity contribution >= 4 is 17.4 Å². The zero-order valence-corrected chi connectivity index (χ0v) is 10.8. The lowest BCUT2D eigenvalue weighted by Crippen LogP contribution is -2.05. The minimum absolute atomic E-state index is 0.183. The molecule has 90 valence electrons. The second-order valence-electron chi connectivity index (χ2n) is 4.23. The minimum atomic E-state index is -0.183. The van der Waals surface area contributed by atoms with Gasteiger partial charge in [-0.05, 0) is 36.3 Å². The smallest absolute Gasteiger partial charge is 0.125 e. The van der Waals surface area contributed by atoms with Gasteiger partial charge in [-0.15, -0.1) is 0 Å². The number of thioether (sulfide) groups is 1. The predicted octanol–water partition coefficient (Wildman–Crippen LogP) is 4.02. The van der Waals surface area contributed by atoms with Gasteiger partial charge in [0.2, 0.25) is 0 Å². The Morgan fingerprint density at radius 2 is 2.12 bits per heavy atom. The Hall–Kier alpha value is -0.700. The maximum Gasteiger partial charge on any atom is 0.125 e. The van der Waals surface area contributed by atoms with Gasteiger partial charge in [0.05, 0.1) is 0 Å². The van der Waals surface area contributed by atoms with Crippen LogP contribution in [0.1, 0.15) is 20.3 Å². The number of hydrogen-bond donors (Lipinski definition) is 1. The van der Waals surface area contributed by atoms with Gasteiger partial charge in [0.15, 0.2) is 0 Å². The lowest BCUT2D eigenvalue weighted by Gasteiger charge is -2.07. The molecule has 1 aromatic rings. The highest BCUT2D eigenvalue weighted by Gasteiger charge is 1.96. The minimum Gasteiger partial charge on any atom is -0.384 e. The lowest BCUT2D eigenvalue weighted by molar-refractivity contribution is 0.628. The molecule has 0 aliphatic heterocycles. The van der Waals surface area contributed by atoms with E-state index in [9.17, 15) is 4.39 Å². The van der Waals surface area contributed by atoms with Gasteiger partial charge in [0.1, 0.15) is 5.82 Å². The van der Waals surface area contributed by atoms with E-state index in [1.807, 2.05) is 17.8 Å². The molecule has 0 amide bonds. The van der Waals surface area contributed by atoms with Gasteiger partial charge in [-0.25, -0.2) is 4.39 Å². The van der Waals surface area contributed by atoms with Crippen LogP contribution >= 0.6 is 11.8 Å². The van der Waals surface area contributed by atoms with E-state index >= 15 is 0 Å². The van der Waals surface area contributed by atoms with Crippen molar-refractivity contribution in [2.24, 2.45) is 5.92 Å². The van der Waals surface area contributed by atoms with Crippen molar-refractivity contribution in [2.75, 3.05) is 23.4 Å². The maximum absolute atomic E-state index is 12.8. The summed E-state index contributed by atoms with van der Waals surface area (Å²) in [5.74, 6) is 2.88. The van der Waals surface area contributed by atoms with E-state index in [2.05, 4.69) is 19.2 Å². The lowest BCUT2D eigenvalue weighted by atomic mass is 10.2. The summed E-state index contributed by atoms with van der Waals surface area (Å²) in [5, 5.41) is 3.21. The van der Waals surface area contributed by atoms with E-state index in [0.717, 1.165) is 23.9 Å². The molecule has 1 nitrogen and oxygen atoms in total. The van der Waals surface area contributed by atoms with E-state index in [0.29, 0.717) is 0 Å². The number of halogens is 1. The summed E-state index contributed by atoms with van der Waals surface area (Å²) < 4.78 is 12.8. The molecular formula is C13H20FNS. The zero-order chi connectivity index (χ0) is 11.8. The van der Waals surface area contributed by atoms with E-state index in [1.54, 1.807) is 6.07 Å². The largest absolute Gasteiger partial charge is 0.384 e. The molecule has 0 fully saturated rings. The molecule has 3 heteroatoms. The number of hydrogen-bond acceptors (Lipinski definition) is 2. The third-order valence-electron chi connectivity index (χ3n) is 2.24. The summed E-state index contributed by atoms with van der Waals surface area (Å²) >= 11 is 1.95. The van der Waals surface area contributed by atoms with E-state index in [-0.39, 0.29) is 5.82 Å². The summed E-state index contributed by atoms with van der Waals surface area (Å²) in [6.07, 6.45) is 1.27. The average molecular weight is 241 g/mol. The van der Waals surface area contributed by atoms with Crippen LogP contribution in [0.15, 0.2) is 24.3 Å². The first-order valence-electron chi connectivity index (χ1n) is 5.75.